The largest absolute Gasteiger partial charge is 0.269 e. The first-order valence-corrected chi connectivity index (χ1v) is 8.60. The van der Waals surface area contributed by atoms with Gasteiger partial charge in [0.2, 0.25) is 10.0 Å². The van der Waals surface area contributed by atoms with Crippen molar-refractivity contribution in [1.29, 1.82) is 0 Å². The van der Waals surface area contributed by atoms with E-state index >= 15 is 0 Å². The van der Waals surface area contributed by atoms with E-state index in [1.807, 2.05) is 12.1 Å². The zero-order chi connectivity index (χ0) is 16.4. The first-order chi connectivity index (χ1) is 11.0. The molecule has 1 aliphatic rings. The zero-order valence-electron chi connectivity index (χ0n) is 12.2. The average molecular weight is 333 g/mol. The van der Waals surface area contributed by atoms with Crippen molar-refractivity contribution in [1.82, 2.24) is 9.29 Å². The summed E-state index contributed by atoms with van der Waals surface area (Å²) in [6.07, 6.45) is 4.81. The SMILES string of the molecule is O=[N+]([O-])c1ccc(S(=O)(=O)N2CCCC2c2ccncc2)cc1. The Bertz CT molecular complexity index is 806. The summed E-state index contributed by atoms with van der Waals surface area (Å²) >= 11 is 0. The second-order valence-corrected chi connectivity index (χ2v) is 7.20. The van der Waals surface area contributed by atoms with Crippen molar-refractivity contribution in [3.05, 3.63) is 64.5 Å². The van der Waals surface area contributed by atoms with E-state index in [1.165, 1.54) is 28.6 Å². The van der Waals surface area contributed by atoms with E-state index in [0.717, 1.165) is 18.4 Å². The number of sulfonamides is 1. The predicted molar refractivity (Wildman–Crippen MR) is 83.2 cm³/mol. The lowest BCUT2D eigenvalue weighted by molar-refractivity contribution is -0.384. The second-order valence-electron chi connectivity index (χ2n) is 5.31. The minimum Gasteiger partial charge on any atom is -0.265 e. The van der Waals surface area contributed by atoms with Crippen molar-refractivity contribution in [2.75, 3.05) is 6.54 Å². The van der Waals surface area contributed by atoms with Crippen LogP contribution in [0.4, 0.5) is 5.69 Å². The van der Waals surface area contributed by atoms with Crippen LogP contribution in [0.1, 0.15) is 24.4 Å². The van der Waals surface area contributed by atoms with E-state index in [1.54, 1.807) is 12.4 Å². The van der Waals surface area contributed by atoms with Gasteiger partial charge >= 0.3 is 0 Å². The topological polar surface area (TPSA) is 93.4 Å². The number of aromatic nitrogens is 1. The number of hydrogen-bond donors (Lipinski definition) is 0. The standard InChI is InChI=1S/C15H15N3O4S/c19-18(20)13-3-5-14(6-4-13)23(21,22)17-11-1-2-15(17)12-7-9-16-10-8-12/h3-10,15H,1-2,11H2. The fraction of sp³-hybridized carbons (Fsp3) is 0.267. The molecule has 0 saturated carbocycles. The van der Waals surface area contributed by atoms with Crippen molar-refractivity contribution < 1.29 is 13.3 Å². The molecular weight excluding hydrogens is 318 g/mol. The van der Waals surface area contributed by atoms with Gasteiger partial charge in [-0.25, -0.2) is 8.42 Å². The summed E-state index contributed by atoms with van der Waals surface area (Å²) in [6, 6.07) is 8.40. The Labute approximate surface area is 133 Å². The third-order valence-corrected chi connectivity index (χ3v) is 5.87. The van der Waals surface area contributed by atoms with Crippen LogP contribution in [0.15, 0.2) is 53.7 Å². The van der Waals surface area contributed by atoms with Crippen molar-refractivity contribution in [2.45, 2.75) is 23.8 Å². The number of nitro benzene ring substituents is 1. The van der Waals surface area contributed by atoms with Crippen LogP contribution in [0, 0.1) is 10.1 Å². The Morgan fingerprint density at radius 2 is 1.78 bits per heavy atom. The van der Waals surface area contributed by atoms with E-state index < -0.39 is 14.9 Å². The summed E-state index contributed by atoms with van der Waals surface area (Å²) in [6.45, 7) is 0.437. The van der Waals surface area contributed by atoms with Crippen molar-refractivity contribution in [2.24, 2.45) is 0 Å². The van der Waals surface area contributed by atoms with Crippen molar-refractivity contribution in [3.8, 4) is 0 Å². The lowest BCUT2D eigenvalue weighted by Gasteiger charge is -2.24. The van der Waals surface area contributed by atoms with E-state index in [9.17, 15) is 18.5 Å². The van der Waals surface area contributed by atoms with Crippen LogP contribution in [0.3, 0.4) is 0 Å². The molecule has 1 saturated heterocycles. The fourth-order valence-corrected chi connectivity index (χ4v) is 4.50. The van der Waals surface area contributed by atoms with Crippen molar-refractivity contribution >= 4 is 15.7 Å². The predicted octanol–water partition coefficient (Wildman–Crippen LogP) is 2.52. The van der Waals surface area contributed by atoms with Crippen LogP contribution in [0.2, 0.25) is 0 Å². The highest BCUT2D eigenvalue weighted by Gasteiger charge is 2.36. The highest BCUT2D eigenvalue weighted by atomic mass is 32.2. The van der Waals surface area contributed by atoms with Crippen LogP contribution in [0.25, 0.3) is 0 Å². The van der Waals surface area contributed by atoms with E-state index in [4.69, 9.17) is 0 Å². The van der Waals surface area contributed by atoms with Crippen LogP contribution in [0.5, 0.6) is 0 Å². The first kappa shape index (κ1) is 15.6. The Hall–Kier alpha value is -2.32. The number of hydrogen-bond acceptors (Lipinski definition) is 5. The summed E-state index contributed by atoms with van der Waals surface area (Å²) < 4.78 is 27.1. The number of non-ortho nitro benzene ring substituents is 1. The number of pyridine rings is 1. The molecule has 1 unspecified atom stereocenters. The Morgan fingerprint density at radius 3 is 2.39 bits per heavy atom. The molecule has 0 N–H and O–H groups in total. The van der Waals surface area contributed by atoms with Gasteiger partial charge < -0.3 is 0 Å². The number of rotatable bonds is 4. The quantitative estimate of drug-likeness (QED) is 0.633. The number of nitrogens with zero attached hydrogens (tertiary/aromatic N) is 3. The van der Waals surface area contributed by atoms with E-state index in [0.29, 0.717) is 6.54 Å². The molecule has 7 nitrogen and oxygen atoms in total. The van der Waals surface area contributed by atoms with Gasteiger partial charge in [-0.1, -0.05) is 0 Å². The first-order valence-electron chi connectivity index (χ1n) is 7.16. The summed E-state index contributed by atoms with van der Waals surface area (Å²) in [5.74, 6) is 0. The molecular formula is C15H15N3O4S. The van der Waals surface area contributed by atoms with Gasteiger partial charge in [0.1, 0.15) is 0 Å². The minimum absolute atomic E-state index is 0.0732. The molecule has 1 aliphatic heterocycles. The van der Waals surface area contributed by atoms with Crippen LogP contribution >= 0.6 is 0 Å². The molecule has 8 heteroatoms. The summed E-state index contributed by atoms with van der Waals surface area (Å²) in [7, 11) is -3.69. The lowest BCUT2D eigenvalue weighted by Crippen LogP contribution is -2.30. The van der Waals surface area contributed by atoms with Gasteiger partial charge in [-0.15, -0.1) is 0 Å². The molecule has 0 bridgehead atoms. The van der Waals surface area contributed by atoms with Crippen LogP contribution in [-0.4, -0.2) is 29.2 Å². The molecule has 0 aliphatic carbocycles. The molecule has 1 aromatic carbocycles. The van der Waals surface area contributed by atoms with E-state index in [2.05, 4.69) is 4.98 Å². The third kappa shape index (κ3) is 2.95. The maximum Gasteiger partial charge on any atom is 0.269 e. The van der Waals surface area contributed by atoms with Crippen molar-refractivity contribution in [3.63, 3.8) is 0 Å². The van der Waals surface area contributed by atoms with Gasteiger partial charge in [-0.05, 0) is 42.7 Å². The number of benzene rings is 1. The minimum atomic E-state index is -3.69. The summed E-state index contributed by atoms with van der Waals surface area (Å²) in [5.41, 5.74) is 0.777. The molecule has 0 spiro atoms. The molecule has 0 radical (unpaired) electrons. The highest BCUT2D eigenvalue weighted by Crippen LogP contribution is 2.36. The normalized spacial score (nSPS) is 18.9. The zero-order valence-corrected chi connectivity index (χ0v) is 13.0. The molecule has 3 rings (SSSR count). The molecule has 2 heterocycles. The van der Waals surface area contributed by atoms with Gasteiger partial charge in [-0.2, -0.15) is 4.31 Å². The lowest BCUT2D eigenvalue weighted by atomic mass is 10.1. The van der Waals surface area contributed by atoms with Crippen LogP contribution in [-0.2, 0) is 10.0 Å². The smallest absolute Gasteiger partial charge is 0.265 e. The monoisotopic (exact) mass is 333 g/mol. The van der Waals surface area contributed by atoms with Gasteiger partial charge in [0.05, 0.1) is 15.9 Å². The van der Waals surface area contributed by atoms with Crippen LogP contribution < -0.4 is 0 Å². The number of nitro groups is 1. The average Bonchev–Trinajstić information content (AvgIpc) is 3.06. The third-order valence-electron chi connectivity index (χ3n) is 3.95. The van der Waals surface area contributed by atoms with Gasteiger partial charge in [0.25, 0.3) is 5.69 Å². The molecule has 1 atom stereocenters. The maximum absolute atomic E-state index is 12.8. The molecule has 120 valence electrons. The van der Waals surface area contributed by atoms with E-state index in [-0.39, 0.29) is 16.6 Å². The molecule has 1 aromatic heterocycles. The Kier molecular flexibility index (Phi) is 4.10. The molecule has 2 aromatic rings. The molecule has 23 heavy (non-hydrogen) atoms. The maximum atomic E-state index is 12.8. The highest BCUT2D eigenvalue weighted by molar-refractivity contribution is 7.89. The van der Waals surface area contributed by atoms with Gasteiger partial charge in [0.15, 0.2) is 0 Å². The Balaban J connectivity index is 1.93. The Morgan fingerprint density at radius 1 is 1.13 bits per heavy atom. The van der Waals surface area contributed by atoms with Gasteiger partial charge in [-0.3, -0.25) is 15.1 Å². The summed E-state index contributed by atoms with van der Waals surface area (Å²) in [4.78, 5) is 14.2. The molecule has 0 amide bonds. The fourth-order valence-electron chi connectivity index (χ4n) is 2.82. The second kappa shape index (κ2) is 6.05. The van der Waals surface area contributed by atoms with Gasteiger partial charge in [0, 0.05) is 31.1 Å². The molecule has 1 fully saturated rings. The summed E-state index contributed by atoms with van der Waals surface area (Å²) in [5, 5.41) is 10.7.